The van der Waals surface area contributed by atoms with Gasteiger partial charge >= 0.3 is 0 Å². The molecule has 2 aliphatic carbocycles. The summed E-state index contributed by atoms with van der Waals surface area (Å²) in [6.07, 6.45) is 18.9. The number of likely N-dealkylation sites (tertiary alicyclic amines) is 2. The predicted molar refractivity (Wildman–Crippen MR) is 199 cm³/mol. The fourth-order valence-electron chi connectivity index (χ4n) is 9.83. The third-order valence-corrected chi connectivity index (χ3v) is 11.6. The molecule has 0 aromatic carbocycles. The Kier molecular flexibility index (Phi) is 10.6. The molecule has 6 N–H and O–H groups in total. The molecule has 4 heterocycles. The smallest absolute Gasteiger partial charge is 0.299 e. The van der Waals surface area contributed by atoms with Gasteiger partial charge in [-0.1, -0.05) is 19.9 Å². The number of aromatic nitrogens is 2. The molecule has 6 rings (SSSR count). The van der Waals surface area contributed by atoms with Gasteiger partial charge in [-0.15, -0.1) is 0 Å². The molecule has 0 radical (unpaired) electrons. The first-order valence-electron chi connectivity index (χ1n) is 18.6. The minimum atomic E-state index is -0.802. The average Bonchev–Trinajstić information content (AvgIpc) is 3.71. The molecule has 0 spiro atoms. The third kappa shape index (κ3) is 7.44. The SMILES string of the molecule is C/C=C/N=C(N)/C(C)=C1/CCCN(C2=CC=C(c3cnn(CC45CC(C)CC(OCCN6CCCC6)(CC(C)C4)C5)c3C)C(=C(O)O)N2)C1=N. The van der Waals surface area contributed by atoms with Crippen molar-refractivity contribution < 1.29 is 14.9 Å². The van der Waals surface area contributed by atoms with Gasteiger partial charge in [0.1, 0.15) is 23.2 Å². The number of nitrogens with zero attached hydrogens (tertiary/aromatic N) is 5. The Balaban J connectivity index is 1.23. The predicted octanol–water partition coefficient (Wildman–Crippen LogP) is 6.67. The number of ether oxygens (including phenoxy) is 1. The van der Waals surface area contributed by atoms with Crippen LogP contribution in [0.5, 0.6) is 0 Å². The molecule has 2 bridgehead atoms. The van der Waals surface area contributed by atoms with Crippen molar-refractivity contribution in [2.24, 2.45) is 28.0 Å². The lowest BCUT2D eigenvalue weighted by Gasteiger charge is -2.56. The molecular weight excluding hydrogens is 628 g/mol. The maximum Gasteiger partial charge on any atom is 0.299 e. The molecule has 11 heteroatoms. The first-order chi connectivity index (χ1) is 23.9. The molecule has 11 nitrogen and oxygen atoms in total. The molecule has 1 aromatic rings. The van der Waals surface area contributed by atoms with Crippen LogP contribution < -0.4 is 11.1 Å². The van der Waals surface area contributed by atoms with Gasteiger partial charge in [0, 0.05) is 48.2 Å². The zero-order chi connectivity index (χ0) is 35.6. The molecule has 2 atom stereocenters. The van der Waals surface area contributed by atoms with Gasteiger partial charge in [0.25, 0.3) is 5.95 Å². The van der Waals surface area contributed by atoms with Crippen LogP contribution in [0.3, 0.4) is 0 Å². The quantitative estimate of drug-likeness (QED) is 0.104. The Morgan fingerprint density at radius 1 is 1.12 bits per heavy atom. The number of aliphatic hydroxyl groups excluding tert-OH is 1. The van der Waals surface area contributed by atoms with E-state index in [1.165, 1.54) is 25.9 Å². The third-order valence-electron chi connectivity index (χ3n) is 11.6. The maximum absolute atomic E-state index is 10.5. The molecule has 2 unspecified atom stereocenters. The van der Waals surface area contributed by atoms with Gasteiger partial charge in [-0.05, 0) is 127 Å². The topological polar surface area (TPSA) is 148 Å². The Hall–Kier alpha value is -3.83. The van der Waals surface area contributed by atoms with Gasteiger partial charge < -0.3 is 35.8 Å². The zero-order valence-corrected chi connectivity index (χ0v) is 30.8. The minimum absolute atomic E-state index is 0.0740. The molecule has 0 amide bonds. The Morgan fingerprint density at radius 2 is 1.84 bits per heavy atom. The molecule has 3 aliphatic heterocycles. The normalized spacial score (nSPS) is 30.4. The van der Waals surface area contributed by atoms with E-state index in [4.69, 9.17) is 21.0 Å². The van der Waals surface area contributed by atoms with Gasteiger partial charge in [-0.2, -0.15) is 5.10 Å². The minimum Gasteiger partial charge on any atom is -0.480 e. The lowest BCUT2D eigenvalue weighted by atomic mass is 9.54. The number of nitrogens with one attached hydrogen (secondary N) is 2. The summed E-state index contributed by atoms with van der Waals surface area (Å²) in [4.78, 5) is 8.68. The molecule has 1 aromatic heterocycles. The van der Waals surface area contributed by atoms with Crippen molar-refractivity contribution in [1.29, 1.82) is 5.41 Å². The van der Waals surface area contributed by atoms with Crippen molar-refractivity contribution >= 4 is 17.2 Å². The number of piperidine rings is 1. The summed E-state index contributed by atoms with van der Waals surface area (Å²) in [6, 6.07) is 0. The van der Waals surface area contributed by atoms with Crippen LogP contribution >= 0.6 is 0 Å². The number of hydrogen-bond donors (Lipinski definition) is 5. The van der Waals surface area contributed by atoms with E-state index < -0.39 is 5.95 Å². The highest BCUT2D eigenvalue weighted by Crippen LogP contribution is 2.57. The van der Waals surface area contributed by atoms with Gasteiger partial charge in [0.2, 0.25) is 0 Å². The Bertz CT molecular complexity index is 1620. The number of aliphatic imine (C=N–C) groups is 1. The number of nitrogens with two attached hydrogens (primary N) is 1. The number of allylic oxidation sites excluding steroid dienone is 4. The highest BCUT2D eigenvalue weighted by atomic mass is 16.5. The molecule has 2 saturated heterocycles. The van der Waals surface area contributed by atoms with Crippen molar-refractivity contribution in [1.82, 2.24) is 24.9 Å². The van der Waals surface area contributed by atoms with E-state index in [1.54, 1.807) is 6.20 Å². The number of dihydropyridines is 1. The number of fused-ring (bicyclic) bond motifs is 2. The molecule has 4 fully saturated rings. The highest BCUT2D eigenvalue weighted by molar-refractivity contribution is 6.08. The van der Waals surface area contributed by atoms with E-state index in [0.717, 1.165) is 87.0 Å². The van der Waals surface area contributed by atoms with Crippen molar-refractivity contribution in [3.05, 3.63) is 70.5 Å². The van der Waals surface area contributed by atoms with E-state index >= 15 is 0 Å². The molecular formula is C39H58N8O3. The molecule has 2 saturated carbocycles. The van der Waals surface area contributed by atoms with Crippen LogP contribution in [0, 0.1) is 29.6 Å². The van der Waals surface area contributed by atoms with Crippen LogP contribution in [0.15, 0.2) is 64.2 Å². The largest absolute Gasteiger partial charge is 0.480 e. The van der Waals surface area contributed by atoms with E-state index in [0.29, 0.717) is 41.4 Å². The zero-order valence-electron chi connectivity index (χ0n) is 30.8. The molecule has 50 heavy (non-hydrogen) atoms. The summed E-state index contributed by atoms with van der Waals surface area (Å²) in [5.74, 6) is 1.67. The van der Waals surface area contributed by atoms with Crippen LogP contribution in [-0.2, 0) is 11.3 Å². The summed E-state index contributed by atoms with van der Waals surface area (Å²) in [5.41, 5.74) is 10.5. The van der Waals surface area contributed by atoms with Gasteiger partial charge in [0.15, 0.2) is 0 Å². The summed E-state index contributed by atoms with van der Waals surface area (Å²) in [6.45, 7) is 16.3. The Morgan fingerprint density at radius 3 is 2.52 bits per heavy atom. The molecule has 272 valence electrons. The fourth-order valence-corrected chi connectivity index (χ4v) is 9.83. The van der Waals surface area contributed by atoms with Gasteiger partial charge in [0.05, 0.1) is 18.4 Å². The van der Waals surface area contributed by atoms with Gasteiger partial charge in [-0.25, -0.2) is 4.99 Å². The number of hydrogen-bond acceptors (Lipinski definition) is 8. The van der Waals surface area contributed by atoms with Crippen LogP contribution in [0.25, 0.3) is 5.57 Å². The first-order valence-corrected chi connectivity index (χ1v) is 18.6. The summed E-state index contributed by atoms with van der Waals surface area (Å²) in [7, 11) is 0. The summed E-state index contributed by atoms with van der Waals surface area (Å²) >= 11 is 0. The lowest BCUT2D eigenvalue weighted by Crippen LogP contribution is -2.53. The highest BCUT2D eigenvalue weighted by Gasteiger charge is 2.53. The standard InChI is InChI=1S/C39H58N8O3/c1-6-13-42-35(40)28(4)30-10-9-16-46(36(30)41)33-12-11-31(34(44-33)37(48)49)32-23-43-47(29(32)5)25-38-19-26(2)21-39(24-38,22-27(3)20-38)50-18-17-45-14-7-8-15-45/h6,11-13,23,26-27,41,44,48-49H,7-10,14-22,24-25H2,1-5H3,(H2,40,42)/b13-6+,30-28-,41-36?. The molecule has 5 aliphatic rings. The number of rotatable bonds is 10. The summed E-state index contributed by atoms with van der Waals surface area (Å²) in [5, 5.41) is 38.2. The second-order valence-corrected chi connectivity index (χ2v) is 15.7. The monoisotopic (exact) mass is 686 g/mol. The fraction of sp³-hybridized carbons (Fsp3) is 0.615. The van der Waals surface area contributed by atoms with Crippen molar-refractivity contribution in [2.75, 3.05) is 32.8 Å². The first kappa shape index (κ1) is 36.0. The van der Waals surface area contributed by atoms with E-state index in [9.17, 15) is 10.2 Å². The summed E-state index contributed by atoms with van der Waals surface area (Å²) < 4.78 is 9.03. The van der Waals surface area contributed by atoms with Crippen molar-refractivity contribution in [3.8, 4) is 0 Å². The van der Waals surface area contributed by atoms with Crippen LogP contribution in [0.4, 0.5) is 0 Å². The average molecular weight is 687 g/mol. The second kappa shape index (κ2) is 14.8. The number of aliphatic hydroxyl groups is 2. The van der Waals surface area contributed by atoms with E-state index in [1.807, 2.05) is 43.2 Å². The van der Waals surface area contributed by atoms with Gasteiger partial charge in [-0.3, -0.25) is 10.1 Å². The lowest BCUT2D eigenvalue weighted by molar-refractivity contribution is -0.164. The van der Waals surface area contributed by atoms with E-state index in [2.05, 4.69) is 40.7 Å². The van der Waals surface area contributed by atoms with Crippen molar-refractivity contribution in [2.45, 2.75) is 105 Å². The van der Waals surface area contributed by atoms with Crippen molar-refractivity contribution in [3.63, 3.8) is 0 Å². The van der Waals surface area contributed by atoms with Crippen LogP contribution in [0.1, 0.15) is 96.7 Å². The second-order valence-electron chi connectivity index (χ2n) is 15.7. The van der Waals surface area contributed by atoms with Crippen LogP contribution in [-0.4, -0.2) is 79.9 Å². The van der Waals surface area contributed by atoms with Crippen LogP contribution in [0.2, 0.25) is 0 Å². The number of amidine groups is 2. The Labute approximate surface area is 297 Å². The van der Waals surface area contributed by atoms with E-state index in [-0.39, 0.29) is 16.7 Å². The maximum atomic E-state index is 10.5.